The van der Waals surface area contributed by atoms with Gasteiger partial charge in [0.25, 0.3) is 5.69 Å². The van der Waals surface area contributed by atoms with E-state index in [4.69, 9.17) is 16.7 Å². The molecule has 0 aromatic heterocycles. The zero-order valence-corrected chi connectivity index (χ0v) is 12.7. The highest BCUT2D eigenvalue weighted by Crippen LogP contribution is 2.32. The van der Waals surface area contributed by atoms with Gasteiger partial charge in [-0.15, -0.1) is 11.8 Å². The van der Waals surface area contributed by atoms with Gasteiger partial charge in [0.2, 0.25) is 10.0 Å². The fourth-order valence-electron chi connectivity index (χ4n) is 1.79. The number of thioether (sulfide) groups is 1. The van der Waals surface area contributed by atoms with E-state index >= 15 is 0 Å². The summed E-state index contributed by atoms with van der Waals surface area (Å²) in [6.07, 6.45) is 0. The average Bonchev–Trinajstić information content (AvgIpc) is 2.88. The molecule has 0 aliphatic carbocycles. The summed E-state index contributed by atoms with van der Waals surface area (Å²) in [5, 5.41) is 19.7. The number of sulfonamides is 1. The van der Waals surface area contributed by atoms with Crippen LogP contribution >= 0.6 is 23.4 Å². The van der Waals surface area contributed by atoms with E-state index in [2.05, 4.69) is 0 Å². The first-order valence-electron chi connectivity index (χ1n) is 5.51. The normalized spacial score (nSPS) is 19.6. The maximum atomic E-state index is 12.4. The molecule has 1 aliphatic rings. The molecular formula is C10H9ClN2O6S2. The minimum Gasteiger partial charge on any atom is -0.480 e. The first kappa shape index (κ1) is 16.0. The van der Waals surface area contributed by atoms with E-state index in [0.29, 0.717) is 0 Å². The van der Waals surface area contributed by atoms with Gasteiger partial charge in [-0.1, -0.05) is 11.6 Å². The van der Waals surface area contributed by atoms with Crippen molar-refractivity contribution < 1.29 is 23.2 Å². The van der Waals surface area contributed by atoms with Crippen molar-refractivity contribution in [3.8, 4) is 0 Å². The Morgan fingerprint density at radius 1 is 1.52 bits per heavy atom. The van der Waals surface area contributed by atoms with Gasteiger partial charge in [-0.25, -0.2) is 8.42 Å². The lowest BCUT2D eigenvalue weighted by Gasteiger charge is -2.19. The monoisotopic (exact) mass is 352 g/mol. The lowest BCUT2D eigenvalue weighted by molar-refractivity contribution is -0.384. The summed E-state index contributed by atoms with van der Waals surface area (Å²) in [7, 11) is -4.14. The smallest absolute Gasteiger partial charge is 0.322 e. The van der Waals surface area contributed by atoms with Gasteiger partial charge in [0.15, 0.2) is 0 Å². The van der Waals surface area contributed by atoms with Crippen LogP contribution in [-0.4, -0.2) is 46.4 Å². The highest BCUT2D eigenvalue weighted by atomic mass is 35.5. The maximum Gasteiger partial charge on any atom is 0.322 e. The van der Waals surface area contributed by atoms with Crippen LogP contribution in [0.3, 0.4) is 0 Å². The highest BCUT2D eigenvalue weighted by molar-refractivity contribution is 8.00. The van der Waals surface area contributed by atoms with Crippen LogP contribution in [0.5, 0.6) is 0 Å². The Morgan fingerprint density at radius 2 is 2.19 bits per heavy atom. The molecule has 1 aromatic rings. The Labute approximate surface area is 128 Å². The predicted octanol–water partition coefficient (Wildman–Crippen LogP) is 1.40. The molecule has 0 saturated carbocycles. The summed E-state index contributed by atoms with van der Waals surface area (Å²) in [6, 6.07) is 1.87. The number of carboxylic acid groups (broad SMARTS) is 1. The number of carbonyl (C=O) groups is 1. The van der Waals surface area contributed by atoms with E-state index in [9.17, 15) is 23.3 Å². The van der Waals surface area contributed by atoms with Crippen LogP contribution in [0.2, 0.25) is 5.02 Å². The molecule has 1 saturated heterocycles. The number of carboxylic acids is 1. The number of aliphatic carboxylic acids is 1. The Hall–Kier alpha value is -1.36. The van der Waals surface area contributed by atoms with Gasteiger partial charge < -0.3 is 5.11 Å². The number of rotatable bonds is 4. The van der Waals surface area contributed by atoms with E-state index in [0.717, 1.165) is 34.3 Å². The van der Waals surface area contributed by atoms with Crippen LogP contribution < -0.4 is 0 Å². The molecule has 1 atom stereocenters. The molecule has 21 heavy (non-hydrogen) atoms. The van der Waals surface area contributed by atoms with Crippen molar-refractivity contribution in [3.63, 3.8) is 0 Å². The summed E-state index contributed by atoms with van der Waals surface area (Å²) >= 11 is 6.79. The SMILES string of the molecule is O=C(O)C1CSCN1S(=O)(=O)c1ccc(Cl)c([N+](=O)[O-])c1. The molecule has 1 fully saturated rings. The second-order valence-corrected chi connectivity index (χ2v) is 7.41. The zero-order chi connectivity index (χ0) is 15.8. The fraction of sp³-hybridized carbons (Fsp3) is 0.300. The molecule has 8 nitrogen and oxygen atoms in total. The first-order chi connectivity index (χ1) is 9.75. The number of benzene rings is 1. The predicted molar refractivity (Wildman–Crippen MR) is 75.9 cm³/mol. The molecule has 0 radical (unpaired) electrons. The molecule has 0 bridgehead atoms. The van der Waals surface area contributed by atoms with E-state index in [1.165, 1.54) is 0 Å². The van der Waals surface area contributed by atoms with Gasteiger partial charge in [-0.3, -0.25) is 14.9 Å². The average molecular weight is 353 g/mol. The lowest BCUT2D eigenvalue weighted by Crippen LogP contribution is -2.41. The second kappa shape index (κ2) is 5.79. The minimum atomic E-state index is -4.14. The maximum absolute atomic E-state index is 12.4. The Bertz CT molecular complexity index is 707. The van der Waals surface area contributed by atoms with Crippen LogP contribution in [0.4, 0.5) is 5.69 Å². The molecule has 114 valence electrons. The van der Waals surface area contributed by atoms with Crippen molar-refractivity contribution in [2.45, 2.75) is 10.9 Å². The summed E-state index contributed by atoms with van der Waals surface area (Å²) in [4.78, 5) is 20.7. The largest absolute Gasteiger partial charge is 0.480 e. The molecule has 11 heteroatoms. The van der Waals surface area contributed by atoms with Crippen LogP contribution in [0.15, 0.2) is 23.1 Å². The number of nitrogens with zero attached hydrogens (tertiary/aromatic N) is 2. The first-order valence-corrected chi connectivity index (χ1v) is 8.48. The molecular weight excluding hydrogens is 344 g/mol. The third-order valence-corrected chi connectivity index (χ3v) is 6.19. The third-order valence-electron chi connectivity index (χ3n) is 2.85. The Kier molecular flexibility index (Phi) is 4.42. The fourth-order valence-corrected chi connectivity index (χ4v) is 5.13. The van der Waals surface area contributed by atoms with Gasteiger partial charge >= 0.3 is 5.97 Å². The summed E-state index contributed by atoms with van der Waals surface area (Å²) < 4.78 is 25.7. The van der Waals surface area contributed by atoms with Crippen molar-refractivity contribution in [2.75, 3.05) is 11.6 Å². The lowest BCUT2D eigenvalue weighted by atomic mass is 10.3. The summed E-state index contributed by atoms with van der Waals surface area (Å²) in [6.45, 7) is 0. The van der Waals surface area contributed by atoms with Gasteiger partial charge in [-0.05, 0) is 12.1 Å². The standard InChI is InChI=1S/C10H9ClN2O6S2/c11-7-2-1-6(3-8(7)13(16)17)21(18,19)12-5-20-4-9(12)10(14)15/h1-3,9H,4-5H2,(H,14,15). The third kappa shape index (κ3) is 2.98. The molecule has 1 aliphatic heterocycles. The van der Waals surface area contributed by atoms with Crippen LogP contribution in [-0.2, 0) is 14.8 Å². The topological polar surface area (TPSA) is 118 Å². The number of hydrogen-bond acceptors (Lipinski definition) is 6. The highest BCUT2D eigenvalue weighted by Gasteiger charge is 2.40. The van der Waals surface area contributed by atoms with E-state index < -0.39 is 32.6 Å². The van der Waals surface area contributed by atoms with Crippen molar-refractivity contribution in [1.29, 1.82) is 0 Å². The Morgan fingerprint density at radius 3 is 2.76 bits per heavy atom. The quantitative estimate of drug-likeness (QED) is 0.642. The second-order valence-electron chi connectivity index (χ2n) is 4.12. The van der Waals surface area contributed by atoms with Crippen LogP contribution in [0.25, 0.3) is 0 Å². The molecule has 0 amide bonds. The number of hydrogen-bond donors (Lipinski definition) is 1. The summed E-state index contributed by atoms with van der Waals surface area (Å²) in [5.74, 6) is -1.15. The van der Waals surface area contributed by atoms with Gasteiger partial charge in [-0.2, -0.15) is 4.31 Å². The molecule has 1 unspecified atom stereocenters. The number of halogens is 1. The summed E-state index contributed by atoms with van der Waals surface area (Å²) in [5.41, 5.74) is -0.545. The molecule has 0 spiro atoms. The van der Waals surface area contributed by atoms with Crippen molar-refractivity contribution in [1.82, 2.24) is 4.31 Å². The van der Waals surface area contributed by atoms with E-state index in [1.54, 1.807) is 0 Å². The minimum absolute atomic E-state index is 0.0181. The zero-order valence-electron chi connectivity index (χ0n) is 10.3. The number of nitro groups is 1. The van der Waals surface area contributed by atoms with Crippen LogP contribution in [0, 0.1) is 10.1 Å². The Balaban J connectivity index is 2.47. The van der Waals surface area contributed by atoms with Crippen LogP contribution in [0.1, 0.15) is 0 Å². The molecule has 1 aromatic carbocycles. The van der Waals surface area contributed by atoms with Gasteiger partial charge in [0.05, 0.1) is 15.7 Å². The van der Waals surface area contributed by atoms with Crippen molar-refractivity contribution in [3.05, 3.63) is 33.3 Å². The number of nitro benzene ring substituents is 1. The van der Waals surface area contributed by atoms with E-state index in [-0.39, 0.29) is 21.5 Å². The van der Waals surface area contributed by atoms with Gasteiger partial charge in [0.1, 0.15) is 11.1 Å². The van der Waals surface area contributed by atoms with Crippen molar-refractivity contribution in [2.24, 2.45) is 0 Å². The molecule has 2 rings (SSSR count). The van der Waals surface area contributed by atoms with Crippen molar-refractivity contribution >= 4 is 45.0 Å². The van der Waals surface area contributed by atoms with E-state index in [1.807, 2.05) is 0 Å². The van der Waals surface area contributed by atoms with Gasteiger partial charge in [0, 0.05) is 11.8 Å². The molecule has 1 heterocycles. The molecule has 1 N–H and O–H groups in total.